The number of hydrogen-bond donors (Lipinski definition) is 1. The summed E-state index contributed by atoms with van der Waals surface area (Å²) >= 11 is 35.5. The fraction of sp³-hybridized carbons (Fsp3) is 0.435. The molecule has 0 spiro atoms. The lowest BCUT2D eigenvalue weighted by molar-refractivity contribution is -0.137. The Kier molecular flexibility index (Phi) is 13.7. The smallest absolute Gasteiger partial charge is 0.412 e. The predicted octanol–water partition coefficient (Wildman–Crippen LogP) is 6.52. The first-order valence-corrected chi connectivity index (χ1v) is 16.1. The van der Waals surface area contributed by atoms with Gasteiger partial charge in [0, 0.05) is 32.4 Å². The fourth-order valence-corrected chi connectivity index (χ4v) is 6.45. The zero-order valence-corrected chi connectivity index (χ0v) is 26.9. The van der Waals surface area contributed by atoms with Gasteiger partial charge in [0.25, 0.3) is 0 Å². The zero-order chi connectivity index (χ0) is 30.0. The highest BCUT2D eigenvalue weighted by molar-refractivity contribution is 6.68. The molecule has 0 unspecified atom stereocenters. The van der Waals surface area contributed by atoms with Crippen molar-refractivity contribution in [1.29, 1.82) is 0 Å². The Balaban J connectivity index is 1.93. The Morgan fingerprint density at radius 2 is 1.48 bits per heavy atom. The number of carbonyl (C=O) groups excluding carboxylic acids is 2. The van der Waals surface area contributed by atoms with Crippen LogP contribution in [0, 0.1) is 0 Å². The van der Waals surface area contributed by atoms with Gasteiger partial charge >= 0.3 is 20.6 Å². The molecule has 10 nitrogen and oxygen atoms in total. The van der Waals surface area contributed by atoms with Gasteiger partial charge < -0.3 is 23.6 Å². The molecular weight excluding hydrogens is 669 g/mol. The van der Waals surface area contributed by atoms with Crippen LogP contribution in [0.25, 0.3) is 11.4 Å². The van der Waals surface area contributed by atoms with Crippen LogP contribution in [0.3, 0.4) is 0 Å². The molecule has 2 rings (SSSR count). The van der Waals surface area contributed by atoms with Crippen molar-refractivity contribution in [2.75, 3.05) is 27.4 Å². The number of benzene rings is 1. The zero-order valence-electron chi connectivity index (χ0n) is 21.4. The number of alkyl halides is 6. The second-order valence-electron chi connectivity index (χ2n) is 8.04. The van der Waals surface area contributed by atoms with Crippen molar-refractivity contribution in [1.82, 2.24) is 20.3 Å². The maximum absolute atomic E-state index is 12.3. The lowest BCUT2D eigenvalue weighted by atomic mass is 10.2. The Hall–Kier alpha value is -1.41. The van der Waals surface area contributed by atoms with Crippen LogP contribution >= 0.6 is 69.6 Å². The van der Waals surface area contributed by atoms with Gasteiger partial charge in [-0.2, -0.15) is 0 Å². The van der Waals surface area contributed by atoms with Gasteiger partial charge in [-0.3, -0.25) is 0 Å². The van der Waals surface area contributed by atoms with Gasteiger partial charge in [-0.25, -0.2) is 24.5 Å². The molecule has 1 heterocycles. The average Bonchev–Trinajstić information content (AvgIpc) is 2.91. The van der Waals surface area contributed by atoms with Gasteiger partial charge in [0.05, 0.1) is 6.61 Å². The number of halogens is 6. The van der Waals surface area contributed by atoms with Gasteiger partial charge in [-0.1, -0.05) is 76.2 Å². The molecule has 0 atom stereocenters. The summed E-state index contributed by atoms with van der Waals surface area (Å²) in [5.74, 6) is -0.600. The number of aromatic nitrogens is 3. The first-order chi connectivity index (χ1) is 18.7. The Bertz CT molecular complexity index is 1130. The molecule has 0 saturated carbocycles. The van der Waals surface area contributed by atoms with Crippen LogP contribution in [0.15, 0.2) is 36.9 Å². The maximum atomic E-state index is 12.3. The van der Waals surface area contributed by atoms with Crippen LogP contribution in [0.4, 0.5) is 4.79 Å². The highest BCUT2D eigenvalue weighted by Gasteiger charge is 2.35. The van der Waals surface area contributed by atoms with Crippen molar-refractivity contribution in [3.63, 3.8) is 0 Å². The molecular formula is C23H26Cl6N4O6Si. The molecule has 0 fully saturated rings. The number of nitrogens with zero attached hydrogens (tertiary/aromatic N) is 3. The van der Waals surface area contributed by atoms with Crippen LogP contribution < -0.4 is 10.1 Å². The number of nitrogens with one attached hydrogen (secondary N) is 1. The highest BCUT2D eigenvalue weighted by atomic mass is 35.6. The summed E-state index contributed by atoms with van der Waals surface area (Å²) in [5, 5.41) is 2.68. The summed E-state index contributed by atoms with van der Waals surface area (Å²) in [7, 11) is 0.658. The van der Waals surface area contributed by atoms with Gasteiger partial charge in [0.15, 0.2) is 17.5 Å². The number of esters is 1. The molecule has 17 heteroatoms. The summed E-state index contributed by atoms with van der Waals surface area (Å²) < 4.78 is 17.7. The summed E-state index contributed by atoms with van der Waals surface area (Å²) in [6.07, 6.45) is 1.63. The van der Waals surface area contributed by atoms with Gasteiger partial charge in [-0.15, -0.1) is 0 Å². The number of amides is 1. The maximum Gasteiger partial charge on any atom is 0.412 e. The van der Waals surface area contributed by atoms with Crippen LogP contribution in [-0.2, 0) is 26.0 Å². The van der Waals surface area contributed by atoms with E-state index in [1.165, 1.54) is 12.1 Å². The van der Waals surface area contributed by atoms with Crippen LogP contribution in [0.5, 0.6) is 5.75 Å². The average molecular weight is 695 g/mol. The molecule has 0 aliphatic heterocycles. The summed E-state index contributed by atoms with van der Waals surface area (Å²) in [4.78, 5) is 35.7. The van der Waals surface area contributed by atoms with E-state index >= 15 is 0 Å². The predicted molar refractivity (Wildman–Crippen MR) is 158 cm³/mol. The monoisotopic (exact) mass is 692 g/mol. The van der Waals surface area contributed by atoms with Crippen molar-refractivity contribution < 1.29 is 27.9 Å². The third kappa shape index (κ3) is 11.1. The molecule has 40 heavy (non-hydrogen) atoms. The van der Waals surface area contributed by atoms with Crippen LogP contribution in [0.1, 0.15) is 24.5 Å². The first kappa shape index (κ1) is 34.8. The summed E-state index contributed by atoms with van der Waals surface area (Å²) in [6.45, 7) is 3.93. The van der Waals surface area contributed by atoms with Crippen molar-refractivity contribution >= 4 is 90.2 Å². The highest BCUT2D eigenvalue weighted by Crippen LogP contribution is 2.40. The Labute approximate surface area is 262 Å². The minimum absolute atomic E-state index is 0.0801. The van der Waals surface area contributed by atoms with E-state index < -0.39 is 28.2 Å². The van der Waals surface area contributed by atoms with E-state index in [1.807, 2.05) is 0 Å². The molecule has 0 saturated heterocycles. The lowest BCUT2D eigenvalue weighted by Gasteiger charge is -2.27. The fourth-order valence-electron chi connectivity index (χ4n) is 3.31. The van der Waals surface area contributed by atoms with E-state index in [1.54, 1.807) is 26.4 Å². The molecule has 0 bridgehead atoms. The van der Waals surface area contributed by atoms with Gasteiger partial charge in [-0.05, 0) is 49.2 Å². The van der Waals surface area contributed by atoms with Gasteiger partial charge in [0.2, 0.25) is 7.59 Å². The normalized spacial score (nSPS) is 12.1. The summed E-state index contributed by atoms with van der Waals surface area (Å²) in [6, 6.07) is 7.43. The number of ether oxygens (including phenoxy) is 2. The molecule has 1 amide bonds. The van der Waals surface area contributed by atoms with E-state index in [0.717, 1.165) is 6.08 Å². The minimum Gasteiger partial charge on any atom is -0.463 e. The first-order valence-electron chi connectivity index (χ1n) is 11.6. The molecule has 1 N–H and O–H groups in total. The van der Waals surface area contributed by atoms with Crippen LogP contribution in [0.2, 0.25) is 12.1 Å². The lowest BCUT2D eigenvalue weighted by Crippen LogP contribution is -2.41. The number of carbonyl (C=O) groups is 2. The van der Waals surface area contributed by atoms with E-state index in [4.69, 9.17) is 87.9 Å². The molecule has 220 valence electrons. The second-order valence-corrected chi connectivity index (χ2v) is 16.2. The van der Waals surface area contributed by atoms with Crippen molar-refractivity contribution in [3.8, 4) is 17.1 Å². The van der Waals surface area contributed by atoms with Crippen molar-refractivity contribution in [2.24, 2.45) is 0 Å². The summed E-state index contributed by atoms with van der Waals surface area (Å²) in [5.41, 5.74) is 0.459. The van der Waals surface area contributed by atoms with Crippen molar-refractivity contribution in [2.45, 2.75) is 32.5 Å². The topological polar surface area (TPSA) is 122 Å². The molecule has 1 aromatic heterocycles. The number of hydrogen-bond acceptors (Lipinski definition) is 9. The quantitative estimate of drug-likeness (QED) is 0.0821. The van der Waals surface area contributed by atoms with E-state index in [9.17, 15) is 9.59 Å². The Morgan fingerprint density at radius 1 is 0.925 bits per heavy atom. The number of rotatable bonds is 13. The Morgan fingerprint density at radius 3 is 1.98 bits per heavy atom. The third-order valence-corrected chi connectivity index (χ3v) is 10.1. The molecule has 2 aromatic rings. The molecule has 0 radical (unpaired) electrons. The largest absolute Gasteiger partial charge is 0.463 e. The van der Waals surface area contributed by atoms with E-state index in [0.29, 0.717) is 37.0 Å². The molecule has 0 aliphatic carbocycles. The SMILES string of the molecule is C=CC(=O)OCCC[Si](CCCNC(=O)Oc1ccc(-c2nc(C(Cl)(Cl)Cl)nc(C(Cl)(Cl)Cl)n2)cc1)(OC)OC. The minimum atomic E-state index is -2.52. The third-order valence-electron chi connectivity index (χ3n) is 5.33. The van der Waals surface area contributed by atoms with E-state index in [-0.39, 0.29) is 29.8 Å². The standard InChI is InChI=1S/C23H26Cl6N4O6Si/c1-4-17(34)38-12-6-14-40(36-2,37-3)13-5-11-30-21(35)39-16-9-7-15(8-10-16)18-31-19(22(24,25)26)33-20(32-18)23(27,28)29/h4,7-10H,1,5-6,11-14H2,2-3H3,(H,30,35). The van der Waals surface area contributed by atoms with Crippen molar-refractivity contribution in [3.05, 3.63) is 48.6 Å². The molecule has 1 aromatic carbocycles. The van der Waals surface area contributed by atoms with Gasteiger partial charge in [0.1, 0.15) is 5.75 Å². The van der Waals surface area contributed by atoms with Crippen LogP contribution in [-0.4, -0.2) is 62.9 Å². The molecule has 0 aliphatic rings. The second kappa shape index (κ2) is 15.7. The van der Waals surface area contributed by atoms with E-state index in [2.05, 4.69) is 26.8 Å².